The molecule has 0 atom stereocenters. The van der Waals surface area contributed by atoms with Crippen molar-refractivity contribution < 1.29 is 9.18 Å². The van der Waals surface area contributed by atoms with Gasteiger partial charge in [0.1, 0.15) is 0 Å². The van der Waals surface area contributed by atoms with E-state index < -0.39 is 5.82 Å². The highest BCUT2D eigenvalue weighted by Gasteiger charge is 2.21. The van der Waals surface area contributed by atoms with Crippen LogP contribution >= 0.6 is 0 Å². The molecule has 1 amide bonds. The average Bonchev–Trinajstić information content (AvgIpc) is 3.21. The monoisotopic (exact) mass is 393 g/mol. The molecule has 0 radical (unpaired) electrons. The number of carbonyl (C=O) groups excluding carboxylic acids is 1. The van der Waals surface area contributed by atoms with Gasteiger partial charge in [-0.15, -0.1) is 0 Å². The number of amides is 1. The molecule has 29 heavy (non-hydrogen) atoms. The van der Waals surface area contributed by atoms with Gasteiger partial charge >= 0.3 is 0 Å². The zero-order chi connectivity index (χ0) is 20.1. The number of nitrogens with one attached hydrogen (secondary N) is 2. The first kappa shape index (κ1) is 17.7. The molecule has 1 fully saturated rings. The number of aryl methyl sites for hydroxylation is 2. The lowest BCUT2D eigenvalue weighted by Crippen LogP contribution is -2.43. The van der Waals surface area contributed by atoms with Crippen molar-refractivity contribution in [2.45, 2.75) is 20.3 Å². The van der Waals surface area contributed by atoms with Crippen LogP contribution in [0.15, 0.2) is 30.7 Å². The Labute approximate surface area is 165 Å². The summed E-state index contributed by atoms with van der Waals surface area (Å²) >= 11 is 0. The van der Waals surface area contributed by atoms with E-state index in [1.54, 1.807) is 21.3 Å². The number of carbonyl (C=O) groups is 1. The number of pyridine rings is 1. The van der Waals surface area contributed by atoms with Crippen LogP contribution in [0, 0.1) is 25.6 Å². The van der Waals surface area contributed by atoms with Gasteiger partial charge in [-0.3, -0.25) is 4.79 Å². The van der Waals surface area contributed by atoms with Crippen LogP contribution in [0.25, 0.3) is 22.6 Å². The maximum atomic E-state index is 14.7. The second-order valence-electron chi connectivity index (χ2n) is 7.57. The van der Waals surface area contributed by atoms with Gasteiger partial charge in [-0.05, 0) is 50.6 Å². The summed E-state index contributed by atoms with van der Waals surface area (Å²) in [4.78, 5) is 20.8. The zero-order valence-corrected chi connectivity index (χ0v) is 16.1. The molecule has 5 rings (SSSR count). The molecule has 2 N–H and O–H groups in total. The highest BCUT2D eigenvalue weighted by molar-refractivity contribution is 5.90. The Morgan fingerprint density at radius 1 is 1.21 bits per heavy atom. The number of imidazole rings is 2. The molecule has 0 aliphatic carbocycles. The Kier molecular flexibility index (Phi) is 4.06. The van der Waals surface area contributed by atoms with E-state index in [1.807, 2.05) is 26.1 Å². The van der Waals surface area contributed by atoms with Crippen LogP contribution in [0.5, 0.6) is 0 Å². The highest BCUT2D eigenvalue weighted by Crippen LogP contribution is 2.24. The summed E-state index contributed by atoms with van der Waals surface area (Å²) in [5, 5.41) is 10.5. The first-order chi connectivity index (χ1) is 14.0. The second kappa shape index (κ2) is 6.63. The molecule has 0 spiro atoms. The molecular weight excluding hydrogens is 373 g/mol. The van der Waals surface area contributed by atoms with Crippen molar-refractivity contribution in [3.05, 3.63) is 47.8 Å². The highest BCUT2D eigenvalue weighted by atomic mass is 19.1. The molecule has 9 heteroatoms. The minimum atomic E-state index is -0.479. The molecule has 0 aromatic carbocycles. The van der Waals surface area contributed by atoms with Crippen molar-refractivity contribution >= 4 is 23.0 Å². The molecule has 0 bridgehead atoms. The minimum absolute atomic E-state index is 0.112. The Morgan fingerprint density at radius 2 is 2.03 bits per heavy atom. The number of hydrogen-bond acceptors (Lipinski definition) is 5. The summed E-state index contributed by atoms with van der Waals surface area (Å²) in [6.45, 7) is 5.56. The van der Waals surface area contributed by atoms with Gasteiger partial charge in [0.2, 0.25) is 5.91 Å². The van der Waals surface area contributed by atoms with Gasteiger partial charge in [0.05, 0.1) is 23.8 Å². The van der Waals surface area contributed by atoms with Crippen molar-refractivity contribution in [2.24, 2.45) is 5.92 Å². The fourth-order valence-corrected chi connectivity index (χ4v) is 3.59. The minimum Gasteiger partial charge on any atom is -0.316 e. The van der Waals surface area contributed by atoms with E-state index in [0.717, 1.165) is 30.0 Å². The third kappa shape index (κ3) is 3.23. The predicted molar refractivity (Wildman–Crippen MR) is 106 cm³/mol. The molecule has 1 saturated heterocycles. The fraction of sp³-hybridized carbons (Fsp3) is 0.300. The summed E-state index contributed by atoms with van der Waals surface area (Å²) in [5.74, 6) is 0.0980. The standard InChI is InChI=1S/C20H20FN7O/c1-11-3-16(26-28-8-12(2)23-19(11)28)14-5-15(21)20-25-17(10-27(20)9-14)24-18(29)4-13-6-22-7-13/h3,5,8-10,13,22H,4,6-7H2,1-2H3,(H,24,29). The van der Waals surface area contributed by atoms with Crippen molar-refractivity contribution in [2.75, 3.05) is 18.4 Å². The zero-order valence-electron chi connectivity index (χ0n) is 16.1. The van der Waals surface area contributed by atoms with Gasteiger partial charge in [-0.1, -0.05) is 0 Å². The molecule has 1 aliphatic heterocycles. The maximum absolute atomic E-state index is 14.7. The molecule has 0 saturated carbocycles. The van der Waals surface area contributed by atoms with Gasteiger partial charge in [0.25, 0.3) is 0 Å². The van der Waals surface area contributed by atoms with E-state index in [0.29, 0.717) is 29.4 Å². The SMILES string of the molecule is Cc1cn2nc(-c3cc(F)c4nc(NC(=O)CC5CNC5)cn4c3)cc(C)c2n1. The third-order valence-electron chi connectivity index (χ3n) is 5.14. The van der Waals surface area contributed by atoms with E-state index >= 15 is 0 Å². The van der Waals surface area contributed by atoms with E-state index in [1.165, 1.54) is 6.07 Å². The predicted octanol–water partition coefficient (Wildman–Crippen LogP) is 2.35. The second-order valence-corrected chi connectivity index (χ2v) is 7.57. The number of fused-ring (bicyclic) bond motifs is 2. The summed E-state index contributed by atoms with van der Waals surface area (Å²) in [6, 6.07) is 3.29. The van der Waals surface area contributed by atoms with Crippen LogP contribution in [-0.4, -0.2) is 43.0 Å². The Balaban J connectivity index is 1.48. The number of halogens is 1. The van der Waals surface area contributed by atoms with Crippen molar-refractivity contribution in [1.29, 1.82) is 0 Å². The third-order valence-corrected chi connectivity index (χ3v) is 5.14. The van der Waals surface area contributed by atoms with Crippen molar-refractivity contribution in [1.82, 2.24) is 29.3 Å². The van der Waals surface area contributed by atoms with Crippen LogP contribution in [-0.2, 0) is 4.79 Å². The molecule has 4 aromatic heterocycles. The first-order valence-corrected chi connectivity index (χ1v) is 9.49. The molecule has 148 valence electrons. The number of hydrogen-bond donors (Lipinski definition) is 2. The number of rotatable bonds is 4. The van der Waals surface area contributed by atoms with Crippen LogP contribution in [0.3, 0.4) is 0 Å². The first-order valence-electron chi connectivity index (χ1n) is 9.49. The van der Waals surface area contributed by atoms with E-state index in [-0.39, 0.29) is 11.6 Å². The van der Waals surface area contributed by atoms with Gasteiger partial charge < -0.3 is 15.0 Å². The van der Waals surface area contributed by atoms with Crippen LogP contribution in [0.4, 0.5) is 10.2 Å². The lowest BCUT2D eigenvalue weighted by molar-refractivity contribution is -0.117. The number of nitrogens with zero attached hydrogens (tertiary/aromatic N) is 5. The number of anilines is 1. The molecule has 8 nitrogen and oxygen atoms in total. The van der Waals surface area contributed by atoms with E-state index in [9.17, 15) is 9.18 Å². The van der Waals surface area contributed by atoms with Crippen molar-refractivity contribution in [3.8, 4) is 11.3 Å². The molecule has 5 heterocycles. The van der Waals surface area contributed by atoms with Gasteiger partial charge in [-0.2, -0.15) is 5.10 Å². The smallest absolute Gasteiger partial charge is 0.225 e. The van der Waals surface area contributed by atoms with E-state index in [4.69, 9.17) is 0 Å². The van der Waals surface area contributed by atoms with E-state index in [2.05, 4.69) is 25.7 Å². The molecular formula is C20H20FN7O. The number of aromatic nitrogens is 5. The topological polar surface area (TPSA) is 88.6 Å². The summed E-state index contributed by atoms with van der Waals surface area (Å²) in [6.07, 6.45) is 5.64. The Bertz CT molecular complexity index is 1250. The normalized spacial score (nSPS) is 14.4. The van der Waals surface area contributed by atoms with Crippen LogP contribution in [0.2, 0.25) is 0 Å². The Hall–Kier alpha value is -3.33. The van der Waals surface area contributed by atoms with Gasteiger partial charge in [0.15, 0.2) is 22.9 Å². The molecule has 1 aliphatic rings. The average molecular weight is 393 g/mol. The summed E-state index contributed by atoms with van der Waals surface area (Å²) in [7, 11) is 0. The van der Waals surface area contributed by atoms with Crippen molar-refractivity contribution in [3.63, 3.8) is 0 Å². The Morgan fingerprint density at radius 3 is 2.79 bits per heavy atom. The fourth-order valence-electron chi connectivity index (χ4n) is 3.59. The quantitative estimate of drug-likeness (QED) is 0.556. The van der Waals surface area contributed by atoms with Crippen LogP contribution in [0.1, 0.15) is 17.7 Å². The molecule has 0 unspecified atom stereocenters. The lowest BCUT2D eigenvalue weighted by atomic mass is 9.99. The van der Waals surface area contributed by atoms with Gasteiger partial charge in [0, 0.05) is 18.2 Å². The molecule has 4 aromatic rings. The largest absolute Gasteiger partial charge is 0.316 e. The summed E-state index contributed by atoms with van der Waals surface area (Å²) in [5.41, 5.74) is 4.00. The van der Waals surface area contributed by atoms with Gasteiger partial charge in [-0.25, -0.2) is 18.9 Å². The maximum Gasteiger partial charge on any atom is 0.225 e. The lowest BCUT2D eigenvalue weighted by Gasteiger charge is -2.26. The van der Waals surface area contributed by atoms with Crippen LogP contribution < -0.4 is 10.6 Å². The summed E-state index contributed by atoms with van der Waals surface area (Å²) < 4.78 is 18.0.